The fourth-order valence-corrected chi connectivity index (χ4v) is 6.62. The van der Waals surface area contributed by atoms with E-state index in [1.165, 1.54) is 12.0 Å². The first-order chi connectivity index (χ1) is 10.8. The van der Waals surface area contributed by atoms with Crippen molar-refractivity contribution in [3.63, 3.8) is 0 Å². The van der Waals surface area contributed by atoms with Gasteiger partial charge in [0.05, 0.1) is 12.2 Å². The highest BCUT2D eigenvalue weighted by atomic mass is 16.3. The molecule has 3 fully saturated rings. The zero-order valence-corrected chi connectivity index (χ0v) is 14.5. The van der Waals surface area contributed by atoms with Gasteiger partial charge in [-0.15, -0.1) is 0 Å². The number of aliphatic hydroxyl groups excluding tert-OH is 2. The lowest BCUT2D eigenvalue weighted by molar-refractivity contribution is -0.0611. The number of aliphatic hydroxyl groups is 2. The van der Waals surface area contributed by atoms with Crippen molar-refractivity contribution in [2.24, 2.45) is 28.6 Å². The van der Waals surface area contributed by atoms with Crippen molar-refractivity contribution in [3.8, 4) is 0 Å². The van der Waals surface area contributed by atoms with Crippen molar-refractivity contribution in [2.75, 3.05) is 0 Å². The number of fused-ring (bicyclic) bond motifs is 5. The van der Waals surface area contributed by atoms with Crippen molar-refractivity contribution in [2.45, 2.75) is 64.6 Å². The average Bonchev–Trinajstić information content (AvgIpc) is 2.69. The molecule has 4 aliphatic carbocycles. The summed E-state index contributed by atoms with van der Waals surface area (Å²) in [7, 11) is 0. The van der Waals surface area contributed by atoms with Gasteiger partial charge in [0.1, 0.15) is 0 Å². The van der Waals surface area contributed by atoms with Gasteiger partial charge in [0.25, 0.3) is 0 Å². The number of hydrogen-bond donors (Lipinski definition) is 2. The molecule has 0 aliphatic heterocycles. The topological polar surface area (TPSA) is 40.5 Å². The molecule has 7 atom stereocenters. The Labute approximate surface area is 140 Å². The molecule has 2 unspecified atom stereocenters. The summed E-state index contributed by atoms with van der Waals surface area (Å²) in [5.41, 5.74) is 3.62. The molecule has 4 aliphatic rings. The fourth-order valence-electron chi connectivity index (χ4n) is 6.62. The molecule has 2 N–H and O–H groups in total. The van der Waals surface area contributed by atoms with E-state index in [1.54, 1.807) is 0 Å². The van der Waals surface area contributed by atoms with Crippen molar-refractivity contribution in [1.82, 2.24) is 0 Å². The Balaban J connectivity index is 1.74. The monoisotopic (exact) mass is 314 g/mol. The van der Waals surface area contributed by atoms with Crippen LogP contribution in [0.4, 0.5) is 0 Å². The van der Waals surface area contributed by atoms with Gasteiger partial charge in [0.2, 0.25) is 0 Å². The van der Waals surface area contributed by atoms with E-state index in [0.717, 1.165) is 43.3 Å². The van der Waals surface area contributed by atoms with Crippen LogP contribution in [0.25, 0.3) is 0 Å². The first-order valence-corrected chi connectivity index (χ1v) is 9.22. The SMILES string of the molecule is C=C1C(=C)[C@H]2[C@@H]3CC=C4CC(O)CC[C@]4(C)[C@@H]3CC[C@]2(C)C1O. The van der Waals surface area contributed by atoms with Gasteiger partial charge in [0, 0.05) is 5.41 Å². The van der Waals surface area contributed by atoms with Crippen LogP contribution in [-0.4, -0.2) is 22.4 Å². The van der Waals surface area contributed by atoms with Gasteiger partial charge in [-0.3, -0.25) is 0 Å². The molecule has 0 heterocycles. The summed E-state index contributed by atoms with van der Waals surface area (Å²) in [6, 6.07) is 0. The quantitative estimate of drug-likeness (QED) is 0.663. The number of hydrogen-bond acceptors (Lipinski definition) is 2. The van der Waals surface area contributed by atoms with E-state index in [2.05, 4.69) is 33.1 Å². The van der Waals surface area contributed by atoms with Crippen LogP contribution < -0.4 is 0 Å². The summed E-state index contributed by atoms with van der Waals surface area (Å²) in [4.78, 5) is 0. The lowest BCUT2D eigenvalue weighted by Crippen LogP contribution is -2.51. The van der Waals surface area contributed by atoms with E-state index in [9.17, 15) is 10.2 Å². The molecular formula is C21H30O2. The van der Waals surface area contributed by atoms with E-state index in [4.69, 9.17) is 0 Å². The molecule has 4 rings (SSSR count). The van der Waals surface area contributed by atoms with E-state index in [-0.39, 0.29) is 16.9 Å². The second kappa shape index (κ2) is 4.83. The van der Waals surface area contributed by atoms with Crippen LogP contribution in [0.5, 0.6) is 0 Å². The Morgan fingerprint density at radius 3 is 2.57 bits per heavy atom. The lowest BCUT2D eigenvalue weighted by atomic mass is 9.47. The van der Waals surface area contributed by atoms with Gasteiger partial charge < -0.3 is 10.2 Å². The minimum atomic E-state index is -0.424. The molecule has 0 aromatic rings. The molecule has 2 nitrogen and oxygen atoms in total. The molecule has 23 heavy (non-hydrogen) atoms. The van der Waals surface area contributed by atoms with Crippen LogP contribution in [0.1, 0.15) is 52.4 Å². The zero-order valence-electron chi connectivity index (χ0n) is 14.5. The predicted octanol–water partition coefficient (Wildman–Crippen LogP) is 4.00. The second-order valence-electron chi connectivity index (χ2n) is 9.02. The Morgan fingerprint density at radius 1 is 1.09 bits per heavy atom. The summed E-state index contributed by atoms with van der Waals surface area (Å²) < 4.78 is 0. The lowest BCUT2D eigenvalue weighted by Gasteiger charge is -2.57. The standard InChI is InChI=1S/C21H30O2/c1-12-13(2)19(23)21(4)10-8-17-16(18(12)21)6-5-14-11-15(22)7-9-20(14,17)3/h5,15-19,22-23H,1-2,6-11H2,3-4H3/t15?,16-,17-,18+,19?,20+,21+/m1/s1. The van der Waals surface area contributed by atoms with Crippen LogP contribution >= 0.6 is 0 Å². The molecule has 0 bridgehead atoms. The zero-order chi connectivity index (χ0) is 16.6. The Hall–Kier alpha value is -0.860. The van der Waals surface area contributed by atoms with Gasteiger partial charge in [-0.2, -0.15) is 0 Å². The molecule has 3 saturated carbocycles. The predicted molar refractivity (Wildman–Crippen MR) is 92.8 cm³/mol. The first kappa shape index (κ1) is 15.7. The maximum Gasteiger partial charge on any atom is 0.0846 e. The van der Waals surface area contributed by atoms with Crippen LogP contribution in [0.2, 0.25) is 0 Å². The van der Waals surface area contributed by atoms with Crippen LogP contribution in [0.15, 0.2) is 36.0 Å². The van der Waals surface area contributed by atoms with Crippen LogP contribution in [-0.2, 0) is 0 Å². The highest BCUT2D eigenvalue weighted by molar-refractivity contribution is 5.43. The minimum Gasteiger partial charge on any atom is -0.393 e. The van der Waals surface area contributed by atoms with E-state index < -0.39 is 6.10 Å². The molecule has 0 spiro atoms. The van der Waals surface area contributed by atoms with Crippen LogP contribution in [0.3, 0.4) is 0 Å². The Kier molecular flexibility index (Phi) is 3.29. The van der Waals surface area contributed by atoms with Gasteiger partial charge in [-0.25, -0.2) is 0 Å². The molecule has 0 radical (unpaired) electrons. The molecular weight excluding hydrogens is 284 g/mol. The Bertz CT molecular complexity index is 603. The van der Waals surface area contributed by atoms with E-state index >= 15 is 0 Å². The largest absolute Gasteiger partial charge is 0.393 e. The molecule has 0 aromatic carbocycles. The van der Waals surface area contributed by atoms with Gasteiger partial charge >= 0.3 is 0 Å². The summed E-state index contributed by atoms with van der Waals surface area (Å²) in [6.07, 6.45) is 8.03. The van der Waals surface area contributed by atoms with Crippen molar-refractivity contribution in [1.29, 1.82) is 0 Å². The molecule has 0 amide bonds. The highest BCUT2D eigenvalue weighted by Crippen LogP contribution is 2.66. The van der Waals surface area contributed by atoms with Gasteiger partial charge in [-0.1, -0.05) is 38.7 Å². The molecule has 0 saturated heterocycles. The third kappa shape index (κ3) is 1.88. The summed E-state index contributed by atoms with van der Waals surface area (Å²) >= 11 is 0. The maximum absolute atomic E-state index is 10.7. The third-order valence-electron chi connectivity index (χ3n) is 8.03. The first-order valence-electron chi connectivity index (χ1n) is 9.22. The van der Waals surface area contributed by atoms with Gasteiger partial charge in [0.15, 0.2) is 0 Å². The second-order valence-corrected chi connectivity index (χ2v) is 9.02. The molecule has 0 aromatic heterocycles. The van der Waals surface area contributed by atoms with E-state index in [0.29, 0.717) is 17.8 Å². The van der Waals surface area contributed by atoms with Crippen molar-refractivity contribution < 1.29 is 10.2 Å². The molecule has 126 valence electrons. The Morgan fingerprint density at radius 2 is 1.83 bits per heavy atom. The normalized spacial score (nSPS) is 52.5. The molecule has 2 heteroatoms. The third-order valence-corrected chi connectivity index (χ3v) is 8.03. The smallest absolute Gasteiger partial charge is 0.0846 e. The van der Waals surface area contributed by atoms with Crippen molar-refractivity contribution >= 4 is 0 Å². The number of allylic oxidation sites excluding steroid dienone is 1. The fraction of sp³-hybridized carbons (Fsp3) is 0.714. The van der Waals surface area contributed by atoms with Crippen molar-refractivity contribution in [3.05, 3.63) is 36.0 Å². The summed E-state index contributed by atoms with van der Waals surface area (Å²) in [5, 5.41) is 20.8. The highest BCUT2D eigenvalue weighted by Gasteiger charge is 2.60. The summed E-state index contributed by atoms with van der Waals surface area (Å²) in [6.45, 7) is 13.1. The maximum atomic E-state index is 10.7. The van der Waals surface area contributed by atoms with Crippen LogP contribution in [0, 0.1) is 28.6 Å². The summed E-state index contributed by atoms with van der Waals surface area (Å²) in [5.74, 6) is 1.59. The number of rotatable bonds is 0. The van der Waals surface area contributed by atoms with Gasteiger partial charge in [-0.05, 0) is 72.8 Å². The average molecular weight is 314 g/mol. The van der Waals surface area contributed by atoms with E-state index in [1.807, 2.05) is 0 Å². The minimum absolute atomic E-state index is 0.0782.